The summed E-state index contributed by atoms with van der Waals surface area (Å²) >= 11 is 9.34. The van der Waals surface area contributed by atoms with Crippen LogP contribution in [0.3, 0.4) is 0 Å². The summed E-state index contributed by atoms with van der Waals surface area (Å²) in [4.78, 5) is 29.0. The zero-order chi connectivity index (χ0) is 24.2. The number of benzene rings is 3. The van der Waals surface area contributed by atoms with Crippen LogP contribution in [0.1, 0.15) is 16.8 Å². The summed E-state index contributed by atoms with van der Waals surface area (Å²) in [7, 11) is 0. The lowest BCUT2D eigenvalue weighted by Crippen LogP contribution is -2.25. The summed E-state index contributed by atoms with van der Waals surface area (Å²) in [5.41, 5.74) is 2.39. The number of nitrogens with one attached hydrogen (secondary N) is 2. The highest BCUT2D eigenvalue weighted by molar-refractivity contribution is 14.1. The van der Waals surface area contributed by atoms with Gasteiger partial charge in [-0.3, -0.25) is 19.7 Å². The number of anilines is 1. The molecule has 1 aliphatic carbocycles. The van der Waals surface area contributed by atoms with E-state index in [0.717, 1.165) is 39.6 Å². The molecule has 11 heteroatoms. The number of nitro groups is 1. The molecule has 0 saturated heterocycles. The standard InChI is InChI=1S/C23H18ClFIN3O4S/c24-17-11-15(26)6-7-19(17)27-20-9-14(20)12-33-28-23(30)13-8-18(25)22(21(10-13)29(31)32)34-16-4-2-1-3-5-16/h1-8,10-11,14,20,27H,9,12H2,(H,28,30). The highest BCUT2D eigenvalue weighted by Crippen LogP contribution is 2.38. The third-order valence-electron chi connectivity index (χ3n) is 5.10. The Balaban J connectivity index is 1.34. The molecule has 0 radical (unpaired) electrons. The summed E-state index contributed by atoms with van der Waals surface area (Å²) in [6, 6.07) is 16.6. The summed E-state index contributed by atoms with van der Waals surface area (Å²) in [5, 5.41) is 15.5. The molecule has 1 saturated carbocycles. The normalized spacial score (nSPS) is 16.7. The van der Waals surface area contributed by atoms with E-state index in [-0.39, 0.29) is 29.0 Å². The van der Waals surface area contributed by atoms with E-state index in [1.54, 1.807) is 30.3 Å². The average Bonchev–Trinajstić information content (AvgIpc) is 3.55. The number of amides is 1. The number of carbonyl (C=O) groups is 1. The second kappa shape index (κ2) is 10.9. The van der Waals surface area contributed by atoms with Crippen LogP contribution in [0.4, 0.5) is 15.8 Å². The molecule has 34 heavy (non-hydrogen) atoms. The van der Waals surface area contributed by atoms with Crippen LogP contribution in [0.5, 0.6) is 0 Å². The summed E-state index contributed by atoms with van der Waals surface area (Å²) < 4.78 is 15.8. The zero-order valence-electron chi connectivity index (χ0n) is 17.5. The first-order valence-corrected chi connectivity index (χ1v) is 12.4. The molecule has 1 amide bonds. The third-order valence-corrected chi connectivity index (χ3v) is 7.20. The van der Waals surface area contributed by atoms with E-state index in [4.69, 9.17) is 16.4 Å². The number of halogens is 3. The molecule has 0 aromatic heterocycles. The minimum atomic E-state index is -0.853. The molecule has 2 unspecified atom stereocenters. The van der Waals surface area contributed by atoms with E-state index in [2.05, 4.69) is 33.4 Å². The summed E-state index contributed by atoms with van der Waals surface area (Å²) in [6.07, 6.45) is 0.837. The van der Waals surface area contributed by atoms with Gasteiger partial charge in [-0.1, -0.05) is 41.6 Å². The van der Waals surface area contributed by atoms with Gasteiger partial charge in [0.15, 0.2) is 0 Å². The van der Waals surface area contributed by atoms with Crippen molar-refractivity contribution < 1.29 is 18.9 Å². The molecule has 1 fully saturated rings. The van der Waals surface area contributed by atoms with Gasteiger partial charge in [-0.25, -0.2) is 9.87 Å². The van der Waals surface area contributed by atoms with Gasteiger partial charge in [0.05, 0.1) is 27.8 Å². The third kappa shape index (κ3) is 6.17. The van der Waals surface area contributed by atoms with Gasteiger partial charge in [0.2, 0.25) is 0 Å². The fraction of sp³-hybridized carbons (Fsp3) is 0.174. The van der Waals surface area contributed by atoms with Gasteiger partial charge in [0.1, 0.15) is 10.7 Å². The van der Waals surface area contributed by atoms with Crippen LogP contribution in [0, 0.1) is 25.4 Å². The van der Waals surface area contributed by atoms with E-state index in [9.17, 15) is 19.3 Å². The Morgan fingerprint density at radius 2 is 2.00 bits per heavy atom. The van der Waals surface area contributed by atoms with Gasteiger partial charge in [0.25, 0.3) is 11.6 Å². The fourth-order valence-corrected chi connectivity index (χ4v) is 5.07. The van der Waals surface area contributed by atoms with Gasteiger partial charge < -0.3 is 5.32 Å². The van der Waals surface area contributed by atoms with Crippen LogP contribution in [-0.2, 0) is 4.84 Å². The Kier molecular flexibility index (Phi) is 7.91. The lowest BCUT2D eigenvalue weighted by Gasteiger charge is -2.10. The lowest BCUT2D eigenvalue weighted by molar-refractivity contribution is -0.388. The van der Waals surface area contributed by atoms with Gasteiger partial charge in [-0.15, -0.1) is 0 Å². The van der Waals surface area contributed by atoms with Crippen LogP contribution in [0.2, 0.25) is 5.02 Å². The highest BCUT2D eigenvalue weighted by atomic mass is 127. The smallest absolute Gasteiger partial charge is 0.287 e. The second-order valence-corrected chi connectivity index (χ2v) is 10.3. The number of nitrogens with zero attached hydrogens (tertiary/aromatic N) is 1. The monoisotopic (exact) mass is 613 g/mol. The Morgan fingerprint density at radius 3 is 2.71 bits per heavy atom. The molecule has 0 bridgehead atoms. The van der Waals surface area contributed by atoms with Gasteiger partial charge in [-0.2, -0.15) is 0 Å². The van der Waals surface area contributed by atoms with Gasteiger partial charge in [0, 0.05) is 26.5 Å². The first-order chi connectivity index (χ1) is 16.3. The molecular formula is C23H18ClFIN3O4S. The number of hydrogen-bond donors (Lipinski definition) is 2. The van der Waals surface area contributed by atoms with Crippen LogP contribution in [0.15, 0.2) is 70.5 Å². The van der Waals surface area contributed by atoms with Crippen molar-refractivity contribution in [3.63, 3.8) is 0 Å². The van der Waals surface area contributed by atoms with Crippen molar-refractivity contribution in [1.82, 2.24) is 5.48 Å². The van der Waals surface area contributed by atoms with Crippen LogP contribution >= 0.6 is 46.0 Å². The Bertz CT molecular complexity index is 1230. The summed E-state index contributed by atoms with van der Waals surface area (Å²) in [6.45, 7) is 0.234. The van der Waals surface area contributed by atoms with Crippen LogP contribution < -0.4 is 10.8 Å². The number of nitro benzene ring substituents is 1. The first kappa shape index (κ1) is 24.7. The van der Waals surface area contributed by atoms with Crippen molar-refractivity contribution >= 4 is 63.2 Å². The molecule has 0 spiro atoms. The minimum Gasteiger partial charge on any atom is -0.381 e. The number of carbonyl (C=O) groups excluding carboxylic acids is 1. The predicted molar refractivity (Wildman–Crippen MR) is 137 cm³/mol. The molecule has 3 aromatic carbocycles. The lowest BCUT2D eigenvalue weighted by atomic mass is 10.2. The molecule has 0 aliphatic heterocycles. The maximum atomic E-state index is 14.7. The molecule has 176 valence electrons. The van der Waals surface area contributed by atoms with Crippen molar-refractivity contribution in [3.05, 3.63) is 90.8 Å². The maximum Gasteiger partial charge on any atom is 0.287 e. The Hall–Kier alpha value is -2.41. The predicted octanol–water partition coefficient (Wildman–Crippen LogP) is 6.31. The van der Waals surface area contributed by atoms with Crippen LogP contribution in [-0.4, -0.2) is 23.5 Å². The van der Waals surface area contributed by atoms with E-state index in [1.165, 1.54) is 0 Å². The average molecular weight is 614 g/mol. The van der Waals surface area contributed by atoms with Crippen molar-refractivity contribution in [2.45, 2.75) is 22.3 Å². The topological polar surface area (TPSA) is 93.5 Å². The van der Waals surface area contributed by atoms with Gasteiger partial charge >= 0.3 is 0 Å². The molecule has 0 heterocycles. The summed E-state index contributed by atoms with van der Waals surface area (Å²) in [5.74, 6) is -1.45. The first-order valence-electron chi connectivity index (χ1n) is 10.2. The number of hydrogen-bond acceptors (Lipinski definition) is 6. The van der Waals surface area contributed by atoms with E-state index in [1.807, 2.05) is 18.2 Å². The van der Waals surface area contributed by atoms with Crippen molar-refractivity contribution in [3.8, 4) is 0 Å². The minimum absolute atomic E-state index is 0.155. The highest BCUT2D eigenvalue weighted by Gasteiger charge is 2.38. The van der Waals surface area contributed by atoms with Gasteiger partial charge in [-0.05, 0) is 65.4 Å². The Morgan fingerprint density at radius 1 is 1.24 bits per heavy atom. The zero-order valence-corrected chi connectivity index (χ0v) is 21.2. The Labute approximate surface area is 217 Å². The number of hydroxylamine groups is 1. The molecule has 4 rings (SSSR count). The maximum absolute atomic E-state index is 14.7. The SMILES string of the molecule is O=C(NOCC1CC1Nc1ccc(I)cc1Cl)c1cc(F)c(Sc2ccccc2)c([N+](=O)[O-])c1. The second-order valence-electron chi connectivity index (χ2n) is 7.59. The van der Waals surface area contributed by atoms with Crippen LogP contribution in [0.25, 0.3) is 0 Å². The molecule has 2 atom stereocenters. The quantitative estimate of drug-likeness (QED) is 0.167. The molecule has 7 nitrogen and oxygen atoms in total. The molecular weight excluding hydrogens is 596 g/mol. The molecule has 1 aliphatic rings. The molecule has 2 N–H and O–H groups in total. The van der Waals surface area contributed by atoms with Crippen molar-refractivity contribution in [2.75, 3.05) is 11.9 Å². The van der Waals surface area contributed by atoms with E-state index < -0.39 is 22.3 Å². The van der Waals surface area contributed by atoms with Crippen molar-refractivity contribution in [1.29, 1.82) is 0 Å². The van der Waals surface area contributed by atoms with E-state index >= 15 is 0 Å². The fourth-order valence-electron chi connectivity index (χ4n) is 3.24. The largest absolute Gasteiger partial charge is 0.381 e. The molecule has 3 aromatic rings. The van der Waals surface area contributed by atoms with E-state index in [0.29, 0.717) is 9.92 Å². The number of rotatable bonds is 9. The van der Waals surface area contributed by atoms with Crippen molar-refractivity contribution in [2.24, 2.45) is 5.92 Å².